The summed E-state index contributed by atoms with van der Waals surface area (Å²) in [6.45, 7) is 2.40. The van der Waals surface area contributed by atoms with E-state index < -0.39 is 0 Å². The van der Waals surface area contributed by atoms with Gasteiger partial charge < -0.3 is 10.1 Å². The molecule has 3 heteroatoms. The maximum atomic E-state index is 11.1. The molecule has 0 aromatic rings. The van der Waals surface area contributed by atoms with Gasteiger partial charge in [0.15, 0.2) is 0 Å². The van der Waals surface area contributed by atoms with Gasteiger partial charge in [0, 0.05) is 0 Å². The monoisotopic (exact) mass is 171 g/mol. The van der Waals surface area contributed by atoms with Crippen LogP contribution in [0.3, 0.4) is 0 Å². The summed E-state index contributed by atoms with van der Waals surface area (Å²) in [6, 6.07) is -0.177. The van der Waals surface area contributed by atoms with Crippen LogP contribution in [0.15, 0.2) is 0 Å². The molecule has 0 spiro atoms. The van der Waals surface area contributed by atoms with Crippen LogP contribution in [0.25, 0.3) is 0 Å². The molecule has 0 heterocycles. The van der Waals surface area contributed by atoms with Crippen molar-refractivity contribution >= 4 is 5.97 Å². The van der Waals surface area contributed by atoms with E-state index in [1.54, 1.807) is 14.0 Å². The van der Waals surface area contributed by atoms with Crippen molar-refractivity contribution in [2.75, 3.05) is 13.7 Å². The van der Waals surface area contributed by atoms with Gasteiger partial charge >= 0.3 is 5.97 Å². The molecule has 0 bridgehead atoms. The molecule has 3 nitrogen and oxygen atoms in total. The second-order valence-electron chi connectivity index (χ2n) is 3.41. The van der Waals surface area contributed by atoms with Crippen LogP contribution < -0.4 is 5.32 Å². The molecule has 1 aliphatic carbocycles. The fourth-order valence-electron chi connectivity index (χ4n) is 0.976. The molecule has 1 fully saturated rings. The molecule has 0 aromatic heterocycles. The van der Waals surface area contributed by atoms with Crippen molar-refractivity contribution in [1.29, 1.82) is 0 Å². The first-order valence-electron chi connectivity index (χ1n) is 4.58. The van der Waals surface area contributed by atoms with Crippen molar-refractivity contribution in [1.82, 2.24) is 5.32 Å². The lowest BCUT2D eigenvalue weighted by molar-refractivity contribution is -0.145. The average molecular weight is 171 g/mol. The van der Waals surface area contributed by atoms with Gasteiger partial charge in [0.25, 0.3) is 0 Å². The van der Waals surface area contributed by atoms with E-state index in [9.17, 15) is 4.79 Å². The van der Waals surface area contributed by atoms with E-state index in [-0.39, 0.29) is 12.0 Å². The van der Waals surface area contributed by atoms with Gasteiger partial charge in [0.1, 0.15) is 6.04 Å². The summed E-state index contributed by atoms with van der Waals surface area (Å²) in [7, 11) is 1.76. The number of rotatable bonds is 5. The van der Waals surface area contributed by atoms with E-state index in [2.05, 4.69) is 5.32 Å². The first-order chi connectivity index (χ1) is 5.74. The van der Waals surface area contributed by atoms with Crippen LogP contribution in [-0.4, -0.2) is 25.7 Å². The number of esters is 1. The summed E-state index contributed by atoms with van der Waals surface area (Å²) < 4.78 is 5.04. The molecule has 1 rings (SSSR count). The third-order valence-corrected chi connectivity index (χ3v) is 2.25. The van der Waals surface area contributed by atoms with Gasteiger partial charge in [-0.2, -0.15) is 0 Å². The normalized spacial score (nSPS) is 18.8. The van der Waals surface area contributed by atoms with Crippen LogP contribution in [0.2, 0.25) is 0 Å². The molecule has 1 saturated carbocycles. The molecule has 70 valence electrons. The largest absolute Gasteiger partial charge is 0.465 e. The number of carbonyl (C=O) groups is 1. The molecule has 0 saturated heterocycles. The molecule has 0 aliphatic heterocycles. The Hall–Kier alpha value is -0.570. The summed E-state index contributed by atoms with van der Waals surface area (Å²) >= 11 is 0. The molecular formula is C9H17NO2. The molecule has 0 aromatic carbocycles. The van der Waals surface area contributed by atoms with Crippen LogP contribution in [-0.2, 0) is 9.53 Å². The first-order valence-corrected chi connectivity index (χ1v) is 4.58. The predicted octanol–water partition coefficient (Wildman–Crippen LogP) is 0.938. The van der Waals surface area contributed by atoms with E-state index in [0.717, 1.165) is 12.3 Å². The van der Waals surface area contributed by atoms with Crippen molar-refractivity contribution < 1.29 is 9.53 Å². The second kappa shape index (κ2) is 4.45. The Morgan fingerprint density at radius 2 is 2.33 bits per heavy atom. The molecular weight excluding hydrogens is 154 g/mol. The van der Waals surface area contributed by atoms with E-state index in [0.29, 0.717) is 6.61 Å². The average Bonchev–Trinajstić information content (AvgIpc) is 2.86. The topological polar surface area (TPSA) is 38.3 Å². The number of carbonyl (C=O) groups excluding carboxylic acids is 1. The highest BCUT2D eigenvalue weighted by Crippen LogP contribution is 2.32. The number of nitrogens with one attached hydrogen (secondary N) is 1. The van der Waals surface area contributed by atoms with Gasteiger partial charge in [0.2, 0.25) is 0 Å². The van der Waals surface area contributed by atoms with Crippen molar-refractivity contribution in [2.45, 2.75) is 32.2 Å². The van der Waals surface area contributed by atoms with E-state index in [4.69, 9.17) is 4.74 Å². The summed E-state index contributed by atoms with van der Waals surface area (Å²) in [5, 5.41) is 2.84. The van der Waals surface area contributed by atoms with Crippen molar-refractivity contribution in [3.8, 4) is 0 Å². The van der Waals surface area contributed by atoms with E-state index >= 15 is 0 Å². The summed E-state index contributed by atoms with van der Waals surface area (Å²) in [5.41, 5.74) is 0. The van der Waals surface area contributed by atoms with Gasteiger partial charge in [-0.3, -0.25) is 4.79 Å². The van der Waals surface area contributed by atoms with Crippen molar-refractivity contribution in [3.05, 3.63) is 0 Å². The smallest absolute Gasteiger partial charge is 0.322 e. The van der Waals surface area contributed by atoms with Crippen molar-refractivity contribution in [3.63, 3.8) is 0 Å². The van der Waals surface area contributed by atoms with Gasteiger partial charge in [-0.25, -0.2) is 0 Å². The minimum absolute atomic E-state index is 0.141. The van der Waals surface area contributed by atoms with E-state index in [1.807, 2.05) is 0 Å². The quantitative estimate of drug-likeness (QED) is 0.625. The zero-order valence-corrected chi connectivity index (χ0v) is 7.80. The van der Waals surface area contributed by atoms with Crippen LogP contribution >= 0.6 is 0 Å². The summed E-state index contributed by atoms with van der Waals surface area (Å²) in [4.78, 5) is 11.1. The van der Waals surface area contributed by atoms with Crippen LogP contribution in [0, 0.1) is 5.92 Å². The Kier molecular flexibility index (Phi) is 3.53. The Bertz CT molecular complexity index is 155. The predicted molar refractivity (Wildman–Crippen MR) is 46.8 cm³/mol. The third-order valence-electron chi connectivity index (χ3n) is 2.25. The van der Waals surface area contributed by atoms with Crippen LogP contribution in [0.4, 0.5) is 0 Å². The van der Waals surface area contributed by atoms with Crippen LogP contribution in [0.1, 0.15) is 26.2 Å². The molecule has 0 amide bonds. The summed E-state index contributed by atoms with van der Waals surface area (Å²) in [5.74, 6) is 0.695. The van der Waals surface area contributed by atoms with Gasteiger partial charge in [-0.15, -0.1) is 0 Å². The number of hydrogen-bond donors (Lipinski definition) is 1. The zero-order chi connectivity index (χ0) is 8.97. The minimum atomic E-state index is -0.177. The maximum absolute atomic E-state index is 11.1. The van der Waals surface area contributed by atoms with Crippen molar-refractivity contribution in [2.24, 2.45) is 5.92 Å². The Balaban J connectivity index is 2.00. The molecule has 0 radical (unpaired) electrons. The second-order valence-corrected chi connectivity index (χ2v) is 3.41. The lowest BCUT2D eigenvalue weighted by Gasteiger charge is -2.09. The first kappa shape index (κ1) is 9.52. The number of ether oxygens (including phenoxy) is 1. The highest BCUT2D eigenvalue weighted by molar-refractivity contribution is 5.75. The minimum Gasteiger partial charge on any atom is -0.465 e. The number of hydrogen-bond acceptors (Lipinski definition) is 3. The highest BCUT2D eigenvalue weighted by atomic mass is 16.5. The Morgan fingerprint density at radius 3 is 2.83 bits per heavy atom. The Morgan fingerprint density at radius 1 is 1.67 bits per heavy atom. The number of likely N-dealkylation sites (N-methyl/N-ethyl adjacent to an activating group) is 1. The lowest BCUT2D eigenvalue weighted by Crippen LogP contribution is -2.32. The molecule has 1 aliphatic rings. The van der Waals surface area contributed by atoms with Crippen LogP contribution in [0.5, 0.6) is 0 Å². The highest BCUT2D eigenvalue weighted by Gasteiger charge is 2.21. The van der Waals surface area contributed by atoms with Gasteiger partial charge in [-0.05, 0) is 26.3 Å². The van der Waals surface area contributed by atoms with E-state index in [1.165, 1.54) is 12.8 Å². The fraction of sp³-hybridized carbons (Fsp3) is 0.889. The lowest BCUT2D eigenvalue weighted by atomic mass is 10.3. The zero-order valence-electron chi connectivity index (χ0n) is 7.80. The molecule has 1 unspecified atom stereocenters. The summed E-state index contributed by atoms with van der Waals surface area (Å²) in [6.07, 6.45) is 3.68. The maximum Gasteiger partial charge on any atom is 0.322 e. The third kappa shape index (κ3) is 3.22. The fourth-order valence-corrected chi connectivity index (χ4v) is 0.976. The molecule has 12 heavy (non-hydrogen) atoms. The standard InChI is InChI=1S/C9H17NO2/c1-7(10-2)9(11)12-6-5-8-3-4-8/h7-8,10H,3-6H2,1-2H3. The Labute approximate surface area is 73.5 Å². The molecule has 1 N–H and O–H groups in total. The molecule has 1 atom stereocenters. The van der Waals surface area contributed by atoms with Gasteiger partial charge in [-0.1, -0.05) is 12.8 Å². The SMILES string of the molecule is CNC(C)C(=O)OCCC1CC1. The van der Waals surface area contributed by atoms with Gasteiger partial charge in [0.05, 0.1) is 6.61 Å².